The fourth-order valence-corrected chi connectivity index (χ4v) is 4.11. The van der Waals surface area contributed by atoms with Crippen molar-refractivity contribution in [1.29, 1.82) is 0 Å². The first-order valence-electron chi connectivity index (χ1n) is 9.52. The van der Waals surface area contributed by atoms with Gasteiger partial charge >= 0.3 is 6.03 Å². The van der Waals surface area contributed by atoms with Crippen LogP contribution in [0.5, 0.6) is 0 Å². The number of aryl methyl sites for hydroxylation is 1. The van der Waals surface area contributed by atoms with E-state index in [9.17, 15) is 9.59 Å². The molecule has 6 nitrogen and oxygen atoms in total. The molecule has 136 valence electrons. The van der Waals surface area contributed by atoms with Gasteiger partial charge in [-0.25, -0.2) is 4.79 Å². The van der Waals surface area contributed by atoms with Crippen LogP contribution in [-0.4, -0.2) is 54.0 Å². The highest BCUT2D eigenvalue weighted by Gasteiger charge is 2.36. The van der Waals surface area contributed by atoms with Crippen molar-refractivity contribution in [2.45, 2.75) is 51.0 Å². The van der Waals surface area contributed by atoms with E-state index in [2.05, 4.69) is 18.3 Å². The smallest absolute Gasteiger partial charge is 0.317 e. The number of piperidine rings is 1. The third kappa shape index (κ3) is 3.53. The fraction of sp³-hybridized carbons (Fsp3) is 0.684. The molecular weight excluding hydrogens is 318 g/mol. The average Bonchev–Trinajstić information content (AvgIpc) is 3.02. The molecule has 2 aliphatic heterocycles. The van der Waals surface area contributed by atoms with Crippen LogP contribution in [-0.2, 0) is 11.2 Å². The number of amides is 3. The van der Waals surface area contributed by atoms with Crippen LogP contribution >= 0.6 is 0 Å². The molecule has 3 amide bonds. The zero-order chi connectivity index (χ0) is 17.4. The third-order valence-electron chi connectivity index (χ3n) is 5.82. The Labute approximate surface area is 148 Å². The van der Waals surface area contributed by atoms with Gasteiger partial charge in [0.1, 0.15) is 11.5 Å². The van der Waals surface area contributed by atoms with Crippen molar-refractivity contribution in [3.05, 3.63) is 23.7 Å². The molecule has 6 heteroatoms. The minimum Gasteiger partial charge on any atom is -0.466 e. The highest BCUT2D eigenvalue weighted by atomic mass is 16.3. The van der Waals surface area contributed by atoms with Crippen molar-refractivity contribution in [3.8, 4) is 0 Å². The lowest BCUT2D eigenvalue weighted by atomic mass is 10.0. The summed E-state index contributed by atoms with van der Waals surface area (Å²) in [7, 11) is 0. The first-order chi connectivity index (χ1) is 12.1. The van der Waals surface area contributed by atoms with E-state index in [0.717, 1.165) is 43.4 Å². The molecule has 3 fully saturated rings. The monoisotopic (exact) mass is 345 g/mol. The summed E-state index contributed by atoms with van der Waals surface area (Å²) in [5, 5.41) is 2.85. The van der Waals surface area contributed by atoms with Gasteiger partial charge in [-0.3, -0.25) is 4.79 Å². The highest BCUT2D eigenvalue weighted by Crippen LogP contribution is 2.47. The molecule has 1 saturated carbocycles. The Balaban J connectivity index is 1.28. The van der Waals surface area contributed by atoms with Crippen molar-refractivity contribution < 1.29 is 14.0 Å². The first-order valence-corrected chi connectivity index (χ1v) is 9.52. The van der Waals surface area contributed by atoms with Crippen molar-refractivity contribution >= 4 is 11.9 Å². The van der Waals surface area contributed by atoms with E-state index in [0.29, 0.717) is 31.8 Å². The summed E-state index contributed by atoms with van der Waals surface area (Å²) in [5.41, 5.74) is 0. The Morgan fingerprint density at radius 3 is 2.92 bits per heavy atom. The number of likely N-dealkylation sites (tertiary alicyclic amines) is 1. The van der Waals surface area contributed by atoms with E-state index < -0.39 is 0 Å². The van der Waals surface area contributed by atoms with Gasteiger partial charge in [0.05, 0.1) is 6.04 Å². The summed E-state index contributed by atoms with van der Waals surface area (Å²) in [5.74, 6) is 3.47. The molecule has 4 rings (SSSR count). The minimum absolute atomic E-state index is 0.0109. The second kappa shape index (κ2) is 6.73. The summed E-state index contributed by atoms with van der Waals surface area (Å²) in [4.78, 5) is 28.2. The molecule has 3 aliphatic rings. The normalized spacial score (nSPS) is 29.0. The number of rotatable bonds is 5. The van der Waals surface area contributed by atoms with Crippen LogP contribution in [0.4, 0.5) is 4.79 Å². The van der Waals surface area contributed by atoms with E-state index in [1.807, 2.05) is 15.9 Å². The number of nitrogens with one attached hydrogen (secondary N) is 1. The Morgan fingerprint density at radius 1 is 1.36 bits per heavy atom. The molecule has 0 bridgehead atoms. The fourth-order valence-electron chi connectivity index (χ4n) is 4.11. The van der Waals surface area contributed by atoms with Crippen LogP contribution in [0.25, 0.3) is 0 Å². The molecule has 3 atom stereocenters. The minimum atomic E-state index is 0.0109. The van der Waals surface area contributed by atoms with Crippen molar-refractivity contribution in [1.82, 2.24) is 15.1 Å². The third-order valence-corrected chi connectivity index (χ3v) is 5.82. The predicted octanol–water partition coefficient (Wildman–Crippen LogP) is 2.35. The number of urea groups is 1. The molecule has 3 heterocycles. The summed E-state index contributed by atoms with van der Waals surface area (Å²) in [6.45, 7) is 5.16. The maximum atomic E-state index is 12.6. The van der Waals surface area contributed by atoms with Gasteiger partial charge < -0.3 is 19.5 Å². The van der Waals surface area contributed by atoms with E-state index in [-0.39, 0.29) is 18.0 Å². The molecule has 2 saturated heterocycles. The van der Waals surface area contributed by atoms with Crippen molar-refractivity contribution in [2.24, 2.45) is 5.92 Å². The highest BCUT2D eigenvalue weighted by molar-refractivity contribution is 5.78. The van der Waals surface area contributed by atoms with Gasteiger partial charge in [-0.05, 0) is 37.3 Å². The van der Waals surface area contributed by atoms with Gasteiger partial charge in [0.15, 0.2) is 0 Å². The standard InChI is InChI=1S/C19H27N3O3/c1-13-11-16(13)17-6-4-15(25-17)5-7-18(23)21-9-2-3-14(12-21)22-10-8-20-19(22)24/h4,6,13-14,16H,2-3,5,7-12H2,1H3,(H,20,24)/t13-,14+,16-/m1/s1. The van der Waals surface area contributed by atoms with Gasteiger partial charge in [0.25, 0.3) is 0 Å². The van der Waals surface area contributed by atoms with Crippen LogP contribution in [0.15, 0.2) is 16.5 Å². The molecule has 0 spiro atoms. The molecule has 1 N–H and O–H groups in total. The lowest BCUT2D eigenvalue weighted by Crippen LogP contribution is -2.50. The zero-order valence-electron chi connectivity index (χ0n) is 14.9. The van der Waals surface area contributed by atoms with E-state index >= 15 is 0 Å². The molecule has 25 heavy (non-hydrogen) atoms. The average molecular weight is 345 g/mol. The number of nitrogens with zero attached hydrogens (tertiary/aromatic N) is 2. The Hall–Kier alpha value is -1.98. The lowest BCUT2D eigenvalue weighted by molar-refractivity contribution is -0.133. The second-order valence-corrected chi connectivity index (χ2v) is 7.68. The quantitative estimate of drug-likeness (QED) is 0.891. The van der Waals surface area contributed by atoms with E-state index in [1.165, 1.54) is 6.42 Å². The Kier molecular flexibility index (Phi) is 4.44. The molecule has 1 aromatic heterocycles. The van der Waals surface area contributed by atoms with E-state index in [1.54, 1.807) is 0 Å². The zero-order valence-corrected chi connectivity index (χ0v) is 14.9. The van der Waals surface area contributed by atoms with E-state index in [4.69, 9.17) is 4.42 Å². The summed E-state index contributed by atoms with van der Waals surface area (Å²) in [6, 6.07) is 4.25. The summed E-state index contributed by atoms with van der Waals surface area (Å²) < 4.78 is 5.90. The van der Waals surface area contributed by atoms with Crippen LogP contribution in [0.3, 0.4) is 0 Å². The van der Waals surface area contributed by atoms with Crippen LogP contribution < -0.4 is 5.32 Å². The molecule has 1 aromatic rings. The summed E-state index contributed by atoms with van der Waals surface area (Å²) in [6.07, 6.45) is 4.30. The van der Waals surface area contributed by atoms with Gasteiger partial charge in [0.2, 0.25) is 5.91 Å². The van der Waals surface area contributed by atoms with Crippen molar-refractivity contribution in [2.75, 3.05) is 26.2 Å². The van der Waals surface area contributed by atoms with Crippen LogP contribution in [0, 0.1) is 5.92 Å². The number of carbonyl (C=O) groups excluding carboxylic acids is 2. The molecular formula is C19H27N3O3. The number of furan rings is 1. The van der Waals surface area contributed by atoms with Gasteiger partial charge in [-0.2, -0.15) is 0 Å². The number of hydrogen-bond donors (Lipinski definition) is 1. The summed E-state index contributed by atoms with van der Waals surface area (Å²) >= 11 is 0. The Bertz CT molecular complexity index is 656. The largest absolute Gasteiger partial charge is 0.466 e. The first kappa shape index (κ1) is 16.5. The molecule has 0 aromatic carbocycles. The number of carbonyl (C=O) groups is 2. The van der Waals surface area contributed by atoms with Gasteiger partial charge in [-0.1, -0.05) is 6.92 Å². The SMILES string of the molecule is C[C@@H]1C[C@H]1c1ccc(CCC(=O)N2CCC[C@H](N3CCNC3=O)C2)o1. The predicted molar refractivity (Wildman–Crippen MR) is 93.3 cm³/mol. The van der Waals surface area contributed by atoms with Crippen LogP contribution in [0.1, 0.15) is 50.0 Å². The maximum Gasteiger partial charge on any atom is 0.317 e. The van der Waals surface area contributed by atoms with Gasteiger partial charge in [0, 0.05) is 44.9 Å². The second-order valence-electron chi connectivity index (χ2n) is 7.68. The topological polar surface area (TPSA) is 65.8 Å². The van der Waals surface area contributed by atoms with Crippen molar-refractivity contribution in [3.63, 3.8) is 0 Å². The van der Waals surface area contributed by atoms with Crippen LogP contribution in [0.2, 0.25) is 0 Å². The number of hydrogen-bond acceptors (Lipinski definition) is 3. The molecule has 0 radical (unpaired) electrons. The molecule has 0 unspecified atom stereocenters. The maximum absolute atomic E-state index is 12.6. The van der Waals surface area contributed by atoms with Gasteiger partial charge in [-0.15, -0.1) is 0 Å². The lowest BCUT2D eigenvalue weighted by Gasteiger charge is -2.37. The molecule has 1 aliphatic carbocycles. The Morgan fingerprint density at radius 2 is 2.20 bits per heavy atom.